The van der Waals surface area contributed by atoms with E-state index in [1.54, 1.807) is 0 Å². The van der Waals surface area contributed by atoms with Crippen molar-refractivity contribution in [3.8, 4) is 0 Å². The zero-order chi connectivity index (χ0) is 14.5. The fraction of sp³-hybridized carbons (Fsp3) is 0.278. The van der Waals surface area contributed by atoms with E-state index in [0.717, 1.165) is 23.2 Å². The first-order valence-corrected chi connectivity index (χ1v) is 7.04. The van der Waals surface area contributed by atoms with Crippen molar-refractivity contribution in [1.82, 2.24) is 0 Å². The molecule has 0 aliphatic carbocycles. The minimum absolute atomic E-state index is 0.183. The molecule has 0 heterocycles. The minimum atomic E-state index is 0.183. The Morgan fingerprint density at radius 1 is 1.10 bits per heavy atom. The summed E-state index contributed by atoms with van der Waals surface area (Å²) in [6, 6.07) is 15.6. The second kappa shape index (κ2) is 6.38. The van der Waals surface area contributed by atoms with E-state index in [-0.39, 0.29) is 5.78 Å². The van der Waals surface area contributed by atoms with Crippen LogP contribution >= 0.6 is 0 Å². The third-order valence-electron chi connectivity index (χ3n) is 3.49. The molecule has 0 aliphatic rings. The molecule has 0 saturated carbocycles. The van der Waals surface area contributed by atoms with Crippen LogP contribution in [0.4, 0.5) is 5.69 Å². The van der Waals surface area contributed by atoms with E-state index in [9.17, 15) is 4.79 Å². The first-order valence-electron chi connectivity index (χ1n) is 7.04. The summed E-state index contributed by atoms with van der Waals surface area (Å²) in [5, 5.41) is 0. The van der Waals surface area contributed by atoms with Crippen molar-refractivity contribution in [2.75, 3.05) is 5.73 Å². The molecule has 0 aromatic heterocycles. The molecule has 0 aliphatic heterocycles. The van der Waals surface area contributed by atoms with Gasteiger partial charge in [-0.3, -0.25) is 4.79 Å². The van der Waals surface area contributed by atoms with Crippen molar-refractivity contribution < 1.29 is 4.79 Å². The third-order valence-corrected chi connectivity index (χ3v) is 3.49. The number of nitrogen functional groups attached to an aromatic ring is 1. The molecule has 0 radical (unpaired) electrons. The topological polar surface area (TPSA) is 43.1 Å². The van der Waals surface area contributed by atoms with Gasteiger partial charge < -0.3 is 5.73 Å². The molecular weight excluding hydrogens is 246 g/mol. The van der Waals surface area contributed by atoms with E-state index < -0.39 is 0 Å². The van der Waals surface area contributed by atoms with E-state index in [4.69, 9.17) is 5.73 Å². The Bertz CT molecular complexity index is 585. The summed E-state index contributed by atoms with van der Waals surface area (Å²) >= 11 is 0. The van der Waals surface area contributed by atoms with Gasteiger partial charge in [0.2, 0.25) is 0 Å². The third kappa shape index (κ3) is 3.70. The molecule has 2 aromatic carbocycles. The number of Topliss-reactive ketones (excluding diaryl/α,β-unsaturated/α-hetero) is 1. The van der Waals surface area contributed by atoms with Crippen LogP contribution in [0, 0.1) is 0 Å². The first kappa shape index (κ1) is 14.3. The highest BCUT2D eigenvalue weighted by molar-refractivity contribution is 5.96. The van der Waals surface area contributed by atoms with Crippen LogP contribution in [-0.4, -0.2) is 5.78 Å². The molecule has 2 rings (SSSR count). The van der Waals surface area contributed by atoms with Gasteiger partial charge in [-0.15, -0.1) is 0 Å². The van der Waals surface area contributed by atoms with Gasteiger partial charge in [0, 0.05) is 17.7 Å². The minimum Gasteiger partial charge on any atom is -0.399 e. The number of hydrogen-bond donors (Lipinski definition) is 1. The highest BCUT2D eigenvalue weighted by atomic mass is 16.1. The number of anilines is 1. The monoisotopic (exact) mass is 267 g/mol. The van der Waals surface area contributed by atoms with Crippen LogP contribution in [0.2, 0.25) is 0 Å². The lowest BCUT2D eigenvalue weighted by atomic mass is 9.98. The Balaban J connectivity index is 1.98. The number of ketones is 1. The molecule has 2 nitrogen and oxygen atoms in total. The summed E-state index contributed by atoms with van der Waals surface area (Å²) < 4.78 is 0. The summed E-state index contributed by atoms with van der Waals surface area (Å²) in [4.78, 5) is 12.2. The Morgan fingerprint density at radius 3 is 2.40 bits per heavy atom. The van der Waals surface area contributed by atoms with Crippen molar-refractivity contribution in [3.63, 3.8) is 0 Å². The maximum absolute atomic E-state index is 12.2. The van der Waals surface area contributed by atoms with Gasteiger partial charge in [0.1, 0.15) is 0 Å². The SMILES string of the molecule is CC(C)c1ccc(C(=O)CCc2cccc(N)c2)cc1. The van der Waals surface area contributed by atoms with E-state index in [1.165, 1.54) is 5.56 Å². The maximum atomic E-state index is 12.2. The van der Waals surface area contributed by atoms with Crippen LogP contribution in [0.25, 0.3) is 0 Å². The molecule has 2 N–H and O–H groups in total. The largest absolute Gasteiger partial charge is 0.399 e. The number of nitrogens with two attached hydrogens (primary N) is 1. The molecule has 2 heteroatoms. The molecule has 0 amide bonds. The van der Waals surface area contributed by atoms with Crippen LogP contribution in [0.15, 0.2) is 48.5 Å². The maximum Gasteiger partial charge on any atom is 0.163 e. The highest BCUT2D eigenvalue weighted by Crippen LogP contribution is 2.16. The molecule has 0 atom stereocenters. The highest BCUT2D eigenvalue weighted by Gasteiger charge is 2.07. The van der Waals surface area contributed by atoms with Gasteiger partial charge in [-0.25, -0.2) is 0 Å². The standard InChI is InChI=1S/C18H21NO/c1-13(2)15-7-9-16(10-8-15)18(20)11-6-14-4-3-5-17(19)12-14/h3-5,7-10,12-13H,6,11,19H2,1-2H3. The van der Waals surface area contributed by atoms with E-state index in [0.29, 0.717) is 12.3 Å². The summed E-state index contributed by atoms with van der Waals surface area (Å²) in [7, 11) is 0. The van der Waals surface area contributed by atoms with Gasteiger partial charge in [-0.2, -0.15) is 0 Å². The summed E-state index contributed by atoms with van der Waals surface area (Å²) in [5.41, 5.74) is 9.64. The zero-order valence-electron chi connectivity index (χ0n) is 12.1. The van der Waals surface area contributed by atoms with Crippen molar-refractivity contribution in [1.29, 1.82) is 0 Å². The second-order valence-electron chi connectivity index (χ2n) is 5.44. The van der Waals surface area contributed by atoms with Crippen LogP contribution in [0.1, 0.15) is 47.7 Å². The Morgan fingerprint density at radius 2 is 1.80 bits per heavy atom. The van der Waals surface area contributed by atoms with Gasteiger partial charge in [-0.05, 0) is 35.6 Å². The van der Waals surface area contributed by atoms with E-state index in [1.807, 2.05) is 48.5 Å². The van der Waals surface area contributed by atoms with Crippen molar-refractivity contribution in [2.45, 2.75) is 32.6 Å². The van der Waals surface area contributed by atoms with E-state index >= 15 is 0 Å². The van der Waals surface area contributed by atoms with Gasteiger partial charge in [0.05, 0.1) is 0 Å². The van der Waals surface area contributed by atoms with Crippen molar-refractivity contribution in [3.05, 3.63) is 65.2 Å². The van der Waals surface area contributed by atoms with Crippen molar-refractivity contribution in [2.24, 2.45) is 0 Å². The normalized spacial score (nSPS) is 10.8. The lowest BCUT2D eigenvalue weighted by Crippen LogP contribution is -2.02. The molecule has 0 fully saturated rings. The quantitative estimate of drug-likeness (QED) is 0.651. The lowest BCUT2D eigenvalue weighted by Gasteiger charge is -2.07. The van der Waals surface area contributed by atoms with Crippen LogP contribution < -0.4 is 5.73 Å². The molecule has 0 spiro atoms. The Kier molecular flexibility index (Phi) is 4.57. The number of carbonyl (C=O) groups excluding carboxylic acids is 1. The van der Waals surface area contributed by atoms with E-state index in [2.05, 4.69) is 13.8 Å². The van der Waals surface area contributed by atoms with Crippen molar-refractivity contribution >= 4 is 11.5 Å². The molecule has 20 heavy (non-hydrogen) atoms. The summed E-state index contributed by atoms with van der Waals surface area (Å²) in [6.07, 6.45) is 1.25. The molecule has 0 bridgehead atoms. The summed E-state index contributed by atoms with van der Waals surface area (Å²) in [6.45, 7) is 4.30. The number of benzene rings is 2. The van der Waals surface area contributed by atoms with Crippen LogP contribution in [0.3, 0.4) is 0 Å². The van der Waals surface area contributed by atoms with Gasteiger partial charge in [0.15, 0.2) is 5.78 Å². The predicted molar refractivity (Wildman–Crippen MR) is 84.0 cm³/mol. The van der Waals surface area contributed by atoms with Gasteiger partial charge in [-0.1, -0.05) is 50.2 Å². The number of aryl methyl sites for hydroxylation is 1. The first-order chi connectivity index (χ1) is 9.56. The summed E-state index contributed by atoms with van der Waals surface area (Å²) in [5.74, 6) is 0.675. The number of rotatable bonds is 5. The Hall–Kier alpha value is -2.09. The fourth-order valence-corrected chi connectivity index (χ4v) is 2.20. The lowest BCUT2D eigenvalue weighted by molar-refractivity contribution is 0.0983. The molecule has 0 saturated heterocycles. The smallest absolute Gasteiger partial charge is 0.163 e. The Labute approximate surface area is 120 Å². The predicted octanol–water partition coefficient (Wildman–Crippen LogP) is 4.21. The fourth-order valence-electron chi connectivity index (χ4n) is 2.20. The van der Waals surface area contributed by atoms with Crippen LogP contribution in [0.5, 0.6) is 0 Å². The van der Waals surface area contributed by atoms with Crippen LogP contribution in [-0.2, 0) is 6.42 Å². The molecule has 2 aromatic rings. The average molecular weight is 267 g/mol. The zero-order valence-corrected chi connectivity index (χ0v) is 12.1. The van der Waals surface area contributed by atoms with Gasteiger partial charge >= 0.3 is 0 Å². The number of carbonyl (C=O) groups is 1. The molecule has 0 unspecified atom stereocenters. The average Bonchev–Trinajstić information content (AvgIpc) is 2.45. The molecule has 104 valence electrons. The number of hydrogen-bond acceptors (Lipinski definition) is 2. The molecular formula is C18H21NO. The van der Waals surface area contributed by atoms with Gasteiger partial charge in [0.25, 0.3) is 0 Å². The second-order valence-corrected chi connectivity index (χ2v) is 5.44.